The van der Waals surface area contributed by atoms with Crippen molar-refractivity contribution in [2.45, 2.75) is 13.8 Å². The van der Waals surface area contributed by atoms with Crippen LogP contribution in [0.4, 0.5) is 5.69 Å². The molecule has 0 aliphatic carbocycles. The van der Waals surface area contributed by atoms with Gasteiger partial charge in [-0.3, -0.25) is 19.8 Å². The zero-order valence-electron chi connectivity index (χ0n) is 12.6. The van der Waals surface area contributed by atoms with Gasteiger partial charge in [0, 0.05) is 0 Å². The zero-order chi connectivity index (χ0) is 16.6. The van der Waals surface area contributed by atoms with E-state index in [1.165, 1.54) is 11.0 Å². The van der Waals surface area contributed by atoms with E-state index < -0.39 is 11.8 Å². The van der Waals surface area contributed by atoms with Gasteiger partial charge in [0.1, 0.15) is 17.1 Å². The molecule has 1 aliphatic rings. The molecule has 1 aromatic carbocycles. The molecule has 0 spiro atoms. The molecule has 0 radical (unpaired) electrons. The van der Waals surface area contributed by atoms with E-state index in [4.69, 9.17) is 16.6 Å². The number of rotatable bonds is 2. The van der Waals surface area contributed by atoms with E-state index >= 15 is 0 Å². The van der Waals surface area contributed by atoms with E-state index in [1.54, 1.807) is 25.1 Å². The number of thiocarbonyl (C=S) groups is 1. The molecule has 2 heterocycles. The molecule has 1 fully saturated rings. The Kier molecular flexibility index (Phi) is 3.83. The number of nitrogens with one attached hydrogen (secondary N) is 1. The van der Waals surface area contributed by atoms with Crippen LogP contribution in [0, 0.1) is 13.8 Å². The van der Waals surface area contributed by atoms with Gasteiger partial charge < -0.3 is 4.42 Å². The second-order valence-corrected chi connectivity index (χ2v) is 5.58. The third kappa shape index (κ3) is 2.80. The Balaban J connectivity index is 2.04. The summed E-state index contributed by atoms with van der Waals surface area (Å²) in [5, 5.41) is 2.62. The van der Waals surface area contributed by atoms with Crippen molar-refractivity contribution in [1.29, 1.82) is 0 Å². The fourth-order valence-electron chi connectivity index (χ4n) is 2.36. The van der Waals surface area contributed by atoms with Crippen molar-refractivity contribution < 1.29 is 14.0 Å². The fraction of sp³-hybridized carbons (Fsp3) is 0.118. The Morgan fingerprint density at radius 1 is 1.13 bits per heavy atom. The Hall–Kier alpha value is -2.73. The molecule has 0 saturated carbocycles. The highest BCUT2D eigenvalue weighted by molar-refractivity contribution is 7.80. The highest BCUT2D eigenvalue weighted by atomic mass is 32.1. The molecule has 116 valence electrons. The van der Waals surface area contributed by atoms with Gasteiger partial charge in [-0.15, -0.1) is 0 Å². The van der Waals surface area contributed by atoms with E-state index in [-0.39, 0.29) is 10.7 Å². The van der Waals surface area contributed by atoms with Crippen molar-refractivity contribution >= 4 is 40.9 Å². The average Bonchev–Trinajstić information content (AvgIpc) is 2.91. The summed E-state index contributed by atoms with van der Waals surface area (Å²) >= 11 is 5.17. The molecule has 6 heteroatoms. The number of aryl methyl sites for hydroxylation is 2. The molecule has 2 aromatic rings. The first-order valence-electron chi connectivity index (χ1n) is 7.01. The van der Waals surface area contributed by atoms with E-state index in [1.807, 2.05) is 25.1 Å². The summed E-state index contributed by atoms with van der Waals surface area (Å²) in [6.07, 6.45) is 1.43. The molecular formula is C17H14N2O3S. The maximum atomic E-state index is 12.8. The summed E-state index contributed by atoms with van der Waals surface area (Å²) in [6.45, 7) is 3.67. The van der Waals surface area contributed by atoms with Crippen LogP contribution >= 0.6 is 12.2 Å². The minimum Gasteiger partial charge on any atom is -0.462 e. The second kappa shape index (κ2) is 5.81. The van der Waals surface area contributed by atoms with Crippen LogP contribution in [0.1, 0.15) is 17.1 Å². The summed E-state index contributed by atoms with van der Waals surface area (Å²) in [5.41, 5.74) is 1.51. The third-order valence-corrected chi connectivity index (χ3v) is 3.79. The normalized spacial score (nSPS) is 16.9. The van der Waals surface area contributed by atoms with Gasteiger partial charge in [0.2, 0.25) is 0 Å². The van der Waals surface area contributed by atoms with Gasteiger partial charge in [0.15, 0.2) is 5.11 Å². The Labute approximate surface area is 138 Å². The maximum Gasteiger partial charge on any atom is 0.270 e. The number of anilines is 1. The Morgan fingerprint density at radius 3 is 2.52 bits per heavy atom. The first kappa shape index (κ1) is 15.2. The molecule has 3 rings (SSSR count). The highest BCUT2D eigenvalue weighted by Gasteiger charge is 2.35. The molecule has 1 saturated heterocycles. The summed E-state index contributed by atoms with van der Waals surface area (Å²) in [5.74, 6) is 0.145. The van der Waals surface area contributed by atoms with Crippen molar-refractivity contribution in [1.82, 2.24) is 5.32 Å². The van der Waals surface area contributed by atoms with Crippen LogP contribution in [-0.2, 0) is 9.59 Å². The van der Waals surface area contributed by atoms with Gasteiger partial charge >= 0.3 is 0 Å². The Morgan fingerprint density at radius 2 is 1.87 bits per heavy atom. The number of amides is 2. The smallest absolute Gasteiger partial charge is 0.270 e. The lowest BCUT2D eigenvalue weighted by atomic mass is 10.1. The predicted octanol–water partition coefficient (Wildman–Crippen LogP) is 2.73. The van der Waals surface area contributed by atoms with Crippen LogP contribution < -0.4 is 10.2 Å². The SMILES string of the molecule is Cc1ccc(/C=C2\C(=O)NC(=S)N(c3ccccc3C)C2=O)o1. The number of hydrogen-bond donors (Lipinski definition) is 1. The van der Waals surface area contributed by atoms with Crippen molar-refractivity contribution in [2.24, 2.45) is 0 Å². The zero-order valence-corrected chi connectivity index (χ0v) is 13.4. The first-order chi connectivity index (χ1) is 11.0. The number of furan rings is 1. The van der Waals surface area contributed by atoms with Crippen LogP contribution in [-0.4, -0.2) is 16.9 Å². The minimum atomic E-state index is -0.529. The van der Waals surface area contributed by atoms with Crippen LogP contribution in [0.15, 0.2) is 46.4 Å². The summed E-state index contributed by atoms with van der Waals surface area (Å²) in [7, 11) is 0. The lowest BCUT2D eigenvalue weighted by Crippen LogP contribution is -2.54. The van der Waals surface area contributed by atoms with E-state index in [0.717, 1.165) is 5.56 Å². The van der Waals surface area contributed by atoms with Gasteiger partial charge in [-0.1, -0.05) is 18.2 Å². The minimum absolute atomic E-state index is 0.0174. The van der Waals surface area contributed by atoms with Crippen molar-refractivity contribution in [2.75, 3.05) is 4.90 Å². The van der Waals surface area contributed by atoms with Crippen LogP contribution in [0.2, 0.25) is 0 Å². The molecular weight excluding hydrogens is 312 g/mol. The molecule has 0 bridgehead atoms. The molecule has 0 atom stereocenters. The van der Waals surface area contributed by atoms with Crippen LogP contribution in [0.25, 0.3) is 6.08 Å². The molecule has 0 unspecified atom stereocenters. The summed E-state index contributed by atoms with van der Waals surface area (Å²) < 4.78 is 5.41. The second-order valence-electron chi connectivity index (χ2n) is 5.19. The van der Waals surface area contributed by atoms with Gasteiger partial charge in [0.25, 0.3) is 11.8 Å². The monoisotopic (exact) mass is 326 g/mol. The Bertz CT molecular complexity index is 851. The van der Waals surface area contributed by atoms with Crippen molar-refractivity contribution in [3.05, 3.63) is 59.1 Å². The van der Waals surface area contributed by atoms with Gasteiger partial charge in [-0.05, 0) is 55.9 Å². The quantitative estimate of drug-likeness (QED) is 0.524. The topological polar surface area (TPSA) is 62.6 Å². The van der Waals surface area contributed by atoms with Gasteiger partial charge in [-0.2, -0.15) is 0 Å². The van der Waals surface area contributed by atoms with E-state index in [9.17, 15) is 9.59 Å². The third-order valence-electron chi connectivity index (χ3n) is 3.51. The van der Waals surface area contributed by atoms with Crippen molar-refractivity contribution in [3.8, 4) is 0 Å². The lowest BCUT2D eigenvalue weighted by molar-refractivity contribution is -0.122. The number of para-hydroxylation sites is 1. The highest BCUT2D eigenvalue weighted by Crippen LogP contribution is 2.25. The first-order valence-corrected chi connectivity index (χ1v) is 7.42. The number of benzene rings is 1. The lowest BCUT2D eigenvalue weighted by Gasteiger charge is -2.29. The number of nitrogens with zero attached hydrogens (tertiary/aromatic N) is 1. The standard InChI is InChI=1S/C17H14N2O3S/c1-10-5-3-4-6-14(10)19-16(21)13(15(20)18-17(19)23)9-12-8-7-11(2)22-12/h3-9H,1-2H3,(H,18,20,23)/b13-9+. The fourth-order valence-corrected chi connectivity index (χ4v) is 2.64. The maximum absolute atomic E-state index is 12.8. The van der Waals surface area contributed by atoms with Crippen molar-refractivity contribution in [3.63, 3.8) is 0 Å². The molecule has 23 heavy (non-hydrogen) atoms. The van der Waals surface area contributed by atoms with E-state index in [0.29, 0.717) is 17.2 Å². The number of carbonyl (C=O) groups excluding carboxylic acids is 2. The molecule has 5 nitrogen and oxygen atoms in total. The largest absolute Gasteiger partial charge is 0.462 e. The predicted molar refractivity (Wildman–Crippen MR) is 90.8 cm³/mol. The van der Waals surface area contributed by atoms with E-state index in [2.05, 4.69) is 5.32 Å². The van der Waals surface area contributed by atoms with Crippen LogP contribution in [0.3, 0.4) is 0 Å². The molecule has 1 aliphatic heterocycles. The molecule has 1 N–H and O–H groups in total. The van der Waals surface area contributed by atoms with Crippen LogP contribution in [0.5, 0.6) is 0 Å². The molecule has 2 amide bonds. The van der Waals surface area contributed by atoms with Gasteiger partial charge in [0.05, 0.1) is 5.69 Å². The summed E-state index contributed by atoms with van der Waals surface area (Å²) in [4.78, 5) is 26.2. The van der Waals surface area contributed by atoms with Gasteiger partial charge in [-0.25, -0.2) is 0 Å². The average molecular weight is 326 g/mol. The molecule has 1 aromatic heterocycles. The summed E-state index contributed by atoms with van der Waals surface area (Å²) in [6, 6.07) is 10.8. The number of carbonyl (C=O) groups is 2. The number of hydrogen-bond acceptors (Lipinski definition) is 4.